The summed E-state index contributed by atoms with van der Waals surface area (Å²) in [5, 5.41) is 14.7. The summed E-state index contributed by atoms with van der Waals surface area (Å²) in [6.07, 6.45) is 4.94. The topological polar surface area (TPSA) is 84.2 Å². The monoisotopic (exact) mass is 395 g/mol. The highest BCUT2D eigenvalue weighted by molar-refractivity contribution is 5.96. The van der Waals surface area contributed by atoms with Crippen molar-refractivity contribution in [3.8, 4) is 11.5 Å². The van der Waals surface area contributed by atoms with Gasteiger partial charge in [0.05, 0.1) is 30.7 Å². The van der Waals surface area contributed by atoms with E-state index in [2.05, 4.69) is 15.5 Å². The summed E-state index contributed by atoms with van der Waals surface area (Å²) in [6.45, 7) is 7.27. The highest BCUT2D eigenvalue weighted by Crippen LogP contribution is 2.28. The Morgan fingerprint density at radius 1 is 1.10 bits per heavy atom. The van der Waals surface area contributed by atoms with E-state index < -0.39 is 0 Å². The lowest BCUT2D eigenvalue weighted by atomic mass is 10.2. The van der Waals surface area contributed by atoms with Crippen LogP contribution in [0.2, 0.25) is 0 Å². The second kappa shape index (κ2) is 10.3. The third kappa shape index (κ3) is 6.13. The van der Waals surface area contributed by atoms with E-state index in [0.29, 0.717) is 35.5 Å². The fourth-order valence-electron chi connectivity index (χ4n) is 3.20. The zero-order chi connectivity index (χ0) is 20.5. The van der Waals surface area contributed by atoms with Crippen LogP contribution < -0.4 is 20.1 Å². The molecule has 0 spiro atoms. The van der Waals surface area contributed by atoms with E-state index in [1.165, 1.54) is 12.8 Å². The standard InChI is InChI=1S/C22H25N3O4/c1-23-16-6-11-20(24-12-13-26)21(14-16)25-22(27)15-28-17-7-9-19(10-8-17)29-18-4-2-3-5-18/h6-11,14,18,24,26H,2-5,12-13,15H2,(H,25,27). The molecule has 1 aliphatic carbocycles. The Kier molecular flexibility index (Phi) is 7.31. The first-order valence-electron chi connectivity index (χ1n) is 9.73. The Morgan fingerprint density at radius 3 is 2.52 bits per heavy atom. The van der Waals surface area contributed by atoms with Crippen molar-refractivity contribution >= 4 is 23.0 Å². The van der Waals surface area contributed by atoms with Gasteiger partial charge < -0.3 is 25.2 Å². The molecule has 0 radical (unpaired) electrons. The molecule has 0 bridgehead atoms. The van der Waals surface area contributed by atoms with E-state index in [9.17, 15) is 4.79 Å². The summed E-state index contributed by atoms with van der Waals surface area (Å²) >= 11 is 0. The lowest BCUT2D eigenvalue weighted by Gasteiger charge is -2.14. The zero-order valence-electron chi connectivity index (χ0n) is 16.2. The Morgan fingerprint density at radius 2 is 1.83 bits per heavy atom. The van der Waals surface area contributed by atoms with Crippen LogP contribution in [0.4, 0.5) is 17.1 Å². The van der Waals surface area contributed by atoms with Crippen LogP contribution in [0.3, 0.4) is 0 Å². The average molecular weight is 395 g/mol. The van der Waals surface area contributed by atoms with Gasteiger partial charge in [0, 0.05) is 6.54 Å². The van der Waals surface area contributed by atoms with E-state index in [1.807, 2.05) is 12.1 Å². The number of nitrogens with zero attached hydrogens (tertiary/aromatic N) is 1. The number of benzene rings is 2. The number of rotatable bonds is 9. The van der Waals surface area contributed by atoms with Crippen molar-refractivity contribution in [2.24, 2.45) is 0 Å². The largest absolute Gasteiger partial charge is 0.490 e. The molecule has 7 nitrogen and oxygen atoms in total. The summed E-state index contributed by atoms with van der Waals surface area (Å²) in [5.41, 5.74) is 1.52. The molecule has 1 amide bonds. The van der Waals surface area contributed by atoms with Crippen LogP contribution in [0.15, 0.2) is 42.5 Å². The summed E-state index contributed by atoms with van der Waals surface area (Å²) in [7, 11) is 0. The quantitative estimate of drug-likeness (QED) is 0.560. The van der Waals surface area contributed by atoms with Crippen molar-refractivity contribution < 1.29 is 19.4 Å². The Bertz CT molecular complexity index is 855. The normalized spacial score (nSPS) is 13.5. The van der Waals surface area contributed by atoms with Crippen LogP contribution in [-0.2, 0) is 4.79 Å². The molecule has 0 heterocycles. The van der Waals surface area contributed by atoms with Crippen molar-refractivity contribution in [1.29, 1.82) is 0 Å². The van der Waals surface area contributed by atoms with E-state index in [4.69, 9.17) is 21.2 Å². The second-order valence-corrected chi connectivity index (χ2v) is 6.82. The molecule has 29 heavy (non-hydrogen) atoms. The summed E-state index contributed by atoms with van der Waals surface area (Å²) < 4.78 is 11.5. The molecule has 2 aromatic rings. The number of carbonyl (C=O) groups is 1. The van der Waals surface area contributed by atoms with Crippen LogP contribution in [0.5, 0.6) is 11.5 Å². The number of amides is 1. The molecule has 0 aliphatic heterocycles. The molecular weight excluding hydrogens is 370 g/mol. The molecule has 0 saturated heterocycles. The molecule has 3 N–H and O–H groups in total. The maximum absolute atomic E-state index is 12.3. The molecule has 2 aromatic carbocycles. The number of aliphatic hydroxyl groups excluding tert-OH is 1. The Hall–Kier alpha value is -3.24. The number of aliphatic hydroxyl groups is 1. The van der Waals surface area contributed by atoms with Gasteiger partial charge in [0.25, 0.3) is 5.91 Å². The number of carbonyl (C=O) groups excluding carboxylic acids is 1. The first-order chi connectivity index (χ1) is 14.2. The summed E-state index contributed by atoms with van der Waals surface area (Å²) in [5.74, 6) is 1.04. The Labute approximate surface area is 170 Å². The molecule has 0 unspecified atom stereocenters. The van der Waals surface area contributed by atoms with Crippen LogP contribution in [-0.4, -0.2) is 36.9 Å². The fourth-order valence-corrected chi connectivity index (χ4v) is 3.20. The minimum absolute atomic E-state index is 0.0402. The highest BCUT2D eigenvalue weighted by Gasteiger charge is 2.16. The van der Waals surface area contributed by atoms with Gasteiger partial charge in [-0.3, -0.25) is 4.79 Å². The molecule has 1 saturated carbocycles. The number of hydrogen-bond acceptors (Lipinski definition) is 5. The lowest BCUT2D eigenvalue weighted by Crippen LogP contribution is -2.21. The Balaban J connectivity index is 1.53. The van der Waals surface area contributed by atoms with Gasteiger partial charge in [-0.05, 0) is 62.1 Å². The third-order valence-corrected chi connectivity index (χ3v) is 4.63. The molecule has 0 atom stereocenters. The zero-order valence-corrected chi connectivity index (χ0v) is 16.2. The van der Waals surface area contributed by atoms with Gasteiger partial charge in [-0.2, -0.15) is 0 Å². The summed E-state index contributed by atoms with van der Waals surface area (Å²) in [6, 6.07) is 12.2. The maximum Gasteiger partial charge on any atom is 0.262 e. The fraction of sp³-hybridized carbons (Fsp3) is 0.364. The predicted molar refractivity (Wildman–Crippen MR) is 112 cm³/mol. The average Bonchev–Trinajstić information content (AvgIpc) is 3.25. The third-order valence-electron chi connectivity index (χ3n) is 4.63. The van der Waals surface area contributed by atoms with Crippen molar-refractivity contribution in [2.75, 3.05) is 30.4 Å². The van der Waals surface area contributed by atoms with Crippen LogP contribution in [0.25, 0.3) is 4.85 Å². The number of nitrogens with one attached hydrogen (secondary N) is 2. The molecule has 152 valence electrons. The minimum Gasteiger partial charge on any atom is -0.490 e. The van der Waals surface area contributed by atoms with Gasteiger partial charge in [0.1, 0.15) is 11.5 Å². The summed E-state index contributed by atoms with van der Waals surface area (Å²) in [4.78, 5) is 15.7. The molecule has 0 aromatic heterocycles. The predicted octanol–water partition coefficient (Wildman–Crippen LogP) is 3.98. The highest BCUT2D eigenvalue weighted by atomic mass is 16.5. The smallest absolute Gasteiger partial charge is 0.262 e. The molecule has 3 rings (SSSR count). The lowest BCUT2D eigenvalue weighted by molar-refractivity contribution is -0.118. The van der Waals surface area contributed by atoms with Crippen molar-refractivity contribution in [3.63, 3.8) is 0 Å². The van der Waals surface area contributed by atoms with Crippen LogP contribution in [0, 0.1) is 6.57 Å². The van der Waals surface area contributed by atoms with Gasteiger partial charge in [0.2, 0.25) is 0 Å². The minimum atomic E-state index is -0.342. The van der Waals surface area contributed by atoms with Crippen LogP contribution in [0.1, 0.15) is 25.7 Å². The molecular formula is C22H25N3O4. The van der Waals surface area contributed by atoms with Crippen molar-refractivity contribution in [1.82, 2.24) is 0 Å². The van der Waals surface area contributed by atoms with Gasteiger partial charge >= 0.3 is 0 Å². The van der Waals surface area contributed by atoms with E-state index >= 15 is 0 Å². The van der Waals surface area contributed by atoms with Gasteiger partial charge in [-0.25, -0.2) is 4.85 Å². The van der Waals surface area contributed by atoms with E-state index in [1.54, 1.807) is 30.3 Å². The maximum atomic E-state index is 12.3. The second-order valence-electron chi connectivity index (χ2n) is 6.82. The molecule has 1 aliphatic rings. The van der Waals surface area contributed by atoms with E-state index in [0.717, 1.165) is 18.6 Å². The van der Waals surface area contributed by atoms with Crippen molar-refractivity contribution in [2.45, 2.75) is 31.8 Å². The molecule has 1 fully saturated rings. The first-order valence-corrected chi connectivity index (χ1v) is 9.73. The number of hydrogen-bond donors (Lipinski definition) is 3. The van der Waals surface area contributed by atoms with Gasteiger partial charge in [-0.1, -0.05) is 6.07 Å². The molecule has 7 heteroatoms. The number of anilines is 2. The van der Waals surface area contributed by atoms with Crippen molar-refractivity contribution in [3.05, 3.63) is 53.9 Å². The van der Waals surface area contributed by atoms with Gasteiger partial charge in [-0.15, -0.1) is 0 Å². The van der Waals surface area contributed by atoms with Crippen LogP contribution >= 0.6 is 0 Å². The van der Waals surface area contributed by atoms with Gasteiger partial charge in [0.15, 0.2) is 12.3 Å². The van der Waals surface area contributed by atoms with E-state index in [-0.39, 0.29) is 19.1 Å². The number of ether oxygens (including phenoxy) is 2. The SMILES string of the molecule is [C-]#[N+]c1ccc(NCCO)c(NC(=O)COc2ccc(OC3CCCC3)cc2)c1. The first kappa shape index (κ1) is 20.5.